The normalized spacial score (nSPS) is 13.6. The van der Waals surface area contributed by atoms with Crippen molar-refractivity contribution in [2.75, 3.05) is 18.5 Å². The first-order valence-electron chi connectivity index (χ1n) is 7.51. The molecule has 1 rings (SSSR count). The number of carbonyl (C=O) groups is 1. The van der Waals surface area contributed by atoms with E-state index in [2.05, 4.69) is 10.3 Å². The Morgan fingerprint density at radius 2 is 2.10 bits per heavy atom. The van der Waals surface area contributed by atoms with E-state index in [4.69, 9.17) is 9.47 Å². The van der Waals surface area contributed by atoms with Crippen LogP contribution >= 0.6 is 0 Å². The number of pyridine rings is 1. The van der Waals surface area contributed by atoms with Crippen LogP contribution in [0.2, 0.25) is 0 Å². The number of hydrogen-bond acceptors (Lipinski definition) is 4. The molecule has 5 nitrogen and oxygen atoms in total. The molecule has 1 heterocycles. The fraction of sp³-hybridized carbons (Fsp3) is 0.625. The van der Waals surface area contributed by atoms with Crippen LogP contribution < -0.4 is 10.1 Å². The van der Waals surface area contributed by atoms with Crippen LogP contribution in [0.15, 0.2) is 12.3 Å². The van der Waals surface area contributed by atoms with Crippen LogP contribution in [0, 0.1) is 6.92 Å². The summed E-state index contributed by atoms with van der Waals surface area (Å²) in [5.41, 5.74) is 0.733. The Hall–Kier alpha value is -1.62. The number of aromatic nitrogens is 1. The lowest BCUT2D eigenvalue weighted by Crippen LogP contribution is -2.42. The zero-order valence-corrected chi connectivity index (χ0v) is 13.7. The Kier molecular flexibility index (Phi) is 6.62. The molecule has 0 aromatic carbocycles. The van der Waals surface area contributed by atoms with Crippen LogP contribution in [0.5, 0.6) is 5.88 Å². The van der Waals surface area contributed by atoms with Crippen molar-refractivity contribution < 1.29 is 14.3 Å². The maximum atomic E-state index is 12.3. The van der Waals surface area contributed by atoms with E-state index >= 15 is 0 Å². The van der Waals surface area contributed by atoms with Crippen LogP contribution in [0.25, 0.3) is 0 Å². The summed E-state index contributed by atoms with van der Waals surface area (Å²) in [6.07, 6.45) is 3.15. The number of ether oxygens (including phenoxy) is 2. The van der Waals surface area contributed by atoms with E-state index in [0.717, 1.165) is 12.0 Å². The average Bonchev–Trinajstić information content (AvgIpc) is 2.46. The van der Waals surface area contributed by atoms with Crippen molar-refractivity contribution in [3.05, 3.63) is 17.8 Å². The van der Waals surface area contributed by atoms with Crippen molar-refractivity contribution in [2.45, 2.75) is 53.1 Å². The maximum absolute atomic E-state index is 12.3. The van der Waals surface area contributed by atoms with Gasteiger partial charge in [0.25, 0.3) is 5.91 Å². The Morgan fingerprint density at radius 3 is 2.62 bits per heavy atom. The van der Waals surface area contributed by atoms with Gasteiger partial charge in [-0.1, -0.05) is 13.8 Å². The second-order valence-electron chi connectivity index (χ2n) is 5.17. The second kappa shape index (κ2) is 7.98. The third kappa shape index (κ3) is 4.70. The highest BCUT2D eigenvalue weighted by molar-refractivity contribution is 5.97. The third-order valence-electron chi connectivity index (χ3n) is 3.35. The van der Waals surface area contributed by atoms with Crippen LogP contribution in [-0.4, -0.2) is 29.7 Å². The van der Waals surface area contributed by atoms with Gasteiger partial charge in [0, 0.05) is 12.2 Å². The Labute approximate surface area is 127 Å². The first-order chi connectivity index (χ1) is 9.96. The minimum atomic E-state index is -0.819. The standard InChI is InChI=1S/C16H26N2O3/c1-6-9-20-14-12(4)10-13(11-17-14)18-15(19)16(5,7-2)21-8-3/h10-11H,6-9H2,1-5H3,(H,18,19). The number of rotatable bonds is 8. The molecule has 0 fully saturated rings. The van der Waals surface area contributed by atoms with Gasteiger partial charge in [-0.25, -0.2) is 4.98 Å². The van der Waals surface area contributed by atoms with Crippen LogP contribution in [0.3, 0.4) is 0 Å². The van der Waals surface area contributed by atoms with Gasteiger partial charge in [0.15, 0.2) is 0 Å². The number of amides is 1. The molecule has 0 saturated carbocycles. The highest BCUT2D eigenvalue weighted by Crippen LogP contribution is 2.22. The van der Waals surface area contributed by atoms with Crippen molar-refractivity contribution in [2.24, 2.45) is 0 Å². The van der Waals surface area contributed by atoms with Gasteiger partial charge in [-0.3, -0.25) is 4.79 Å². The van der Waals surface area contributed by atoms with Gasteiger partial charge < -0.3 is 14.8 Å². The molecule has 0 saturated heterocycles. The fourth-order valence-electron chi connectivity index (χ4n) is 1.89. The molecule has 0 aliphatic heterocycles. The fourth-order valence-corrected chi connectivity index (χ4v) is 1.89. The summed E-state index contributed by atoms with van der Waals surface area (Å²) in [5.74, 6) is 0.452. The number of nitrogens with zero attached hydrogens (tertiary/aromatic N) is 1. The quantitative estimate of drug-likeness (QED) is 0.799. The Morgan fingerprint density at radius 1 is 1.38 bits per heavy atom. The first kappa shape index (κ1) is 17.4. The molecular formula is C16H26N2O3. The van der Waals surface area contributed by atoms with Gasteiger partial charge in [-0.15, -0.1) is 0 Å². The smallest absolute Gasteiger partial charge is 0.256 e. The summed E-state index contributed by atoms with van der Waals surface area (Å²) in [5, 5.41) is 2.86. The summed E-state index contributed by atoms with van der Waals surface area (Å²) in [4.78, 5) is 16.6. The molecule has 0 spiro atoms. The minimum absolute atomic E-state index is 0.157. The highest BCUT2D eigenvalue weighted by Gasteiger charge is 2.31. The molecule has 21 heavy (non-hydrogen) atoms. The zero-order chi connectivity index (χ0) is 15.9. The minimum Gasteiger partial charge on any atom is -0.477 e. The Balaban J connectivity index is 2.79. The summed E-state index contributed by atoms with van der Waals surface area (Å²) in [6.45, 7) is 10.7. The lowest BCUT2D eigenvalue weighted by atomic mass is 10.0. The van der Waals surface area contributed by atoms with Gasteiger partial charge >= 0.3 is 0 Å². The van der Waals surface area contributed by atoms with E-state index < -0.39 is 5.60 Å². The van der Waals surface area contributed by atoms with Crippen molar-refractivity contribution in [3.63, 3.8) is 0 Å². The summed E-state index contributed by atoms with van der Waals surface area (Å²) in [6, 6.07) is 1.86. The molecule has 0 radical (unpaired) electrons. The van der Waals surface area contributed by atoms with Crippen LogP contribution in [0.1, 0.15) is 46.1 Å². The van der Waals surface area contributed by atoms with Crippen molar-refractivity contribution in [1.29, 1.82) is 0 Å². The van der Waals surface area contributed by atoms with E-state index in [-0.39, 0.29) is 5.91 Å². The lowest BCUT2D eigenvalue weighted by molar-refractivity contribution is -0.139. The van der Waals surface area contributed by atoms with E-state index in [1.54, 1.807) is 13.1 Å². The number of nitrogens with one attached hydrogen (secondary N) is 1. The van der Waals surface area contributed by atoms with Gasteiger partial charge in [-0.2, -0.15) is 0 Å². The molecule has 1 aromatic heterocycles. The first-order valence-corrected chi connectivity index (χ1v) is 7.51. The maximum Gasteiger partial charge on any atom is 0.256 e. The molecule has 0 bridgehead atoms. The highest BCUT2D eigenvalue weighted by atomic mass is 16.5. The number of carbonyl (C=O) groups excluding carboxylic acids is 1. The monoisotopic (exact) mass is 294 g/mol. The van der Waals surface area contributed by atoms with Gasteiger partial charge in [-0.05, 0) is 39.7 Å². The summed E-state index contributed by atoms with van der Waals surface area (Å²) in [7, 11) is 0. The number of aryl methyl sites for hydroxylation is 1. The molecule has 0 aliphatic carbocycles. The van der Waals surface area contributed by atoms with Gasteiger partial charge in [0.2, 0.25) is 5.88 Å². The van der Waals surface area contributed by atoms with E-state index in [0.29, 0.717) is 31.2 Å². The molecule has 1 aromatic rings. The molecule has 5 heteroatoms. The largest absolute Gasteiger partial charge is 0.477 e. The third-order valence-corrected chi connectivity index (χ3v) is 3.35. The van der Waals surface area contributed by atoms with Crippen molar-refractivity contribution in [1.82, 2.24) is 4.98 Å². The second-order valence-corrected chi connectivity index (χ2v) is 5.17. The summed E-state index contributed by atoms with van der Waals surface area (Å²) < 4.78 is 11.1. The van der Waals surface area contributed by atoms with Crippen molar-refractivity contribution >= 4 is 11.6 Å². The molecular weight excluding hydrogens is 268 g/mol. The van der Waals surface area contributed by atoms with Crippen molar-refractivity contribution in [3.8, 4) is 5.88 Å². The molecule has 1 amide bonds. The lowest BCUT2D eigenvalue weighted by Gasteiger charge is -2.26. The number of hydrogen-bond donors (Lipinski definition) is 1. The van der Waals surface area contributed by atoms with E-state index in [9.17, 15) is 4.79 Å². The predicted octanol–water partition coefficient (Wildman–Crippen LogP) is 3.32. The van der Waals surface area contributed by atoms with Gasteiger partial charge in [0.1, 0.15) is 5.60 Å². The summed E-state index contributed by atoms with van der Waals surface area (Å²) >= 11 is 0. The van der Waals surface area contributed by atoms with Crippen LogP contribution in [0.4, 0.5) is 5.69 Å². The molecule has 0 aliphatic rings. The zero-order valence-electron chi connectivity index (χ0n) is 13.7. The Bertz CT molecular complexity index is 477. The predicted molar refractivity (Wildman–Crippen MR) is 83.7 cm³/mol. The SMILES string of the molecule is CCCOc1ncc(NC(=O)C(C)(CC)OCC)cc1C. The molecule has 118 valence electrons. The van der Waals surface area contributed by atoms with Crippen LogP contribution in [-0.2, 0) is 9.53 Å². The topological polar surface area (TPSA) is 60.5 Å². The number of anilines is 1. The van der Waals surface area contributed by atoms with E-state index in [1.807, 2.05) is 33.8 Å². The molecule has 1 unspecified atom stereocenters. The average molecular weight is 294 g/mol. The van der Waals surface area contributed by atoms with E-state index in [1.165, 1.54) is 0 Å². The molecule has 1 atom stereocenters. The molecule has 1 N–H and O–H groups in total. The van der Waals surface area contributed by atoms with Gasteiger partial charge in [0.05, 0.1) is 18.5 Å².